The molecule has 0 saturated carbocycles. The molecule has 2 aromatic rings. The van der Waals surface area contributed by atoms with Gasteiger partial charge >= 0.3 is 5.97 Å². The van der Waals surface area contributed by atoms with Crippen LogP contribution in [0.3, 0.4) is 0 Å². The Morgan fingerprint density at radius 2 is 2.28 bits per heavy atom. The van der Waals surface area contributed by atoms with Crippen LogP contribution in [0.25, 0.3) is 0 Å². The summed E-state index contributed by atoms with van der Waals surface area (Å²) < 4.78 is 4.71. The van der Waals surface area contributed by atoms with Gasteiger partial charge in [0.1, 0.15) is 17.5 Å². The number of aromatic nitrogens is 2. The third-order valence-corrected chi connectivity index (χ3v) is 2.49. The van der Waals surface area contributed by atoms with E-state index >= 15 is 0 Å². The molecule has 2 rings (SSSR count). The molecule has 0 aromatic carbocycles. The predicted molar refractivity (Wildman–Crippen MR) is 64.5 cm³/mol. The summed E-state index contributed by atoms with van der Waals surface area (Å²) in [4.78, 5) is 15.3. The molecule has 0 fully saturated rings. The largest absolute Gasteiger partial charge is 0.478 e. The monoisotopic (exact) mass is 247 g/mol. The van der Waals surface area contributed by atoms with E-state index in [1.807, 2.05) is 6.92 Å². The summed E-state index contributed by atoms with van der Waals surface area (Å²) in [6.07, 6.45) is 1.47. The molecule has 0 aliphatic heterocycles. The number of hydrogen-bond acceptors (Lipinski definition) is 5. The van der Waals surface area contributed by atoms with Crippen LogP contribution < -0.4 is 5.32 Å². The molecule has 2 N–H and O–H groups in total. The van der Waals surface area contributed by atoms with Crippen LogP contribution >= 0.6 is 0 Å². The standard InChI is InChI=1S/C12H13N3O3/c1-7-5-10(11(12(16)17)8(2)14-7)13-6-9-3-4-18-15-9/h3-5H,6H2,1-2H3,(H,13,14)(H,16,17). The second-order valence-corrected chi connectivity index (χ2v) is 3.92. The van der Waals surface area contributed by atoms with Crippen LogP contribution in [-0.4, -0.2) is 21.2 Å². The average Bonchev–Trinajstić information content (AvgIpc) is 2.77. The van der Waals surface area contributed by atoms with Gasteiger partial charge in [0.05, 0.1) is 17.9 Å². The summed E-state index contributed by atoms with van der Waals surface area (Å²) in [6.45, 7) is 3.90. The van der Waals surface area contributed by atoms with Gasteiger partial charge in [-0.15, -0.1) is 0 Å². The van der Waals surface area contributed by atoms with E-state index in [2.05, 4.69) is 15.5 Å². The smallest absolute Gasteiger partial charge is 0.339 e. The summed E-state index contributed by atoms with van der Waals surface area (Å²) in [5.41, 5.74) is 2.68. The molecule has 0 aliphatic rings. The minimum Gasteiger partial charge on any atom is -0.478 e. The van der Waals surface area contributed by atoms with E-state index in [1.165, 1.54) is 6.26 Å². The maximum absolute atomic E-state index is 11.2. The van der Waals surface area contributed by atoms with Crippen molar-refractivity contribution in [2.75, 3.05) is 5.32 Å². The van der Waals surface area contributed by atoms with Crippen LogP contribution in [0.1, 0.15) is 27.4 Å². The predicted octanol–water partition coefficient (Wildman–Crippen LogP) is 2.00. The molecule has 0 radical (unpaired) electrons. The summed E-state index contributed by atoms with van der Waals surface area (Å²) in [5, 5.41) is 16.0. The first kappa shape index (κ1) is 12.1. The Balaban J connectivity index is 2.28. The van der Waals surface area contributed by atoms with Crippen molar-refractivity contribution in [1.29, 1.82) is 0 Å². The maximum atomic E-state index is 11.2. The number of nitrogens with zero attached hydrogens (tertiary/aromatic N) is 2. The molecule has 6 heteroatoms. The third-order valence-electron chi connectivity index (χ3n) is 2.49. The van der Waals surface area contributed by atoms with Crippen LogP contribution in [0.15, 0.2) is 22.9 Å². The normalized spacial score (nSPS) is 10.3. The summed E-state index contributed by atoms with van der Waals surface area (Å²) in [7, 11) is 0. The van der Waals surface area contributed by atoms with Gasteiger partial charge in [-0.2, -0.15) is 0 Å². The molecule has 0 amide bonds. The van der Waals surface area contributed by atoms with Crippen molar-refractivity contribution in [3.63, 3.8) is 0 Å². The van der Waals surface area contributed by atoms with Gasteiger partial charge in [-0.25, -0.2) is 4.79 Å². The first-order chi connectivity index (χ1) is 8.58. The average molecular weight is 247 g/mol. The first-order valence-electron chi connectivity index (χ1n) is 5.42. The Morgan fingerprint density at radius 1 is 1.50 bits per heavy atom. The highest BCUT2D eigenvalue weighted by Gasteiger charge is 2.15. The molecule has 0 saturated heterocycles. The fourth-order valence-electron chi connectivity index (χ4n) is 1.75. The number of aromatic carboxylic acids is 1. The zero-order valence-electron chi connectivity index (χ0n) is 10.1. The van der Waals surface area contributed by atoms with Crippen molar-refractivity contribution in [1.82, 2.24) is 10.1 Å². The zero-order valence-corrected chi connectivity index (χ0v) is 10.1. The molecule has 94 valence electrons. The van der Waals surface area contributed by atoms with Gasteiger partial charge < -0.3 is 14.9 Å². The van der Waals surface area contributed by atoms with E-state index in [0.717, 1.165) is 5.69 Å². The second-order valence-electron chi connectivity index (χ2n) is 3.92. The zero-order chi connectivity index (χ0) is 13.1. The number of rotatable bonds is 4. The Hall–Kier alpha value is -2.37. The van der Waals surface area contributed by atoms with Gasteiger partial charge in [-0.05, 0) is 19.9 Å². The fourth-order valence-corrected chi connectivity index (χ4v) is 1.75. The van der Waals surface area contributed by atoms with Gasteiger partial charge in [-0.1, -0.05) is 5.16 Å². The van der Waals surface area contributed by atoms with Crippen molar-refractivity contribution >= 4 is 11.7 Å². The lowest BCUT2D eigenvalue weighted by molar-refractivity contribution is 0.0696. The topological polar surface area (TPSA) is 88.2 Å². The number of pyridine rings is 1. The van der Waals surface area contributed by atoms with Gasteiger partial charge in [-0.3, -0.25) is 4.98 Å². The van der Waals surface area contributed by atoms with E-state index in [0.29, 0.717) is 23.6 Å². The Kier molecular flexibility index (Phi) is 3.27. The number of aryl methyl sites for hydroxylation is 2. The maximum Gasteiger partial charge on any atom is 0.339 e. The van der Waals surface area contributed by atoms with Crippen LogP contribution in [0, 0.1) is 13.8 Å². The lowest BCUT2D eigenvalue weighted by atomic mass is 10.1. The number of anilines is 1. The molecule has 18 heavy (non-hydrogen) atoms. The SMILES string of the molecule is Cc1cc(NCc2ccon2)c(C(=O)O)c(C)n1. The first-order valence-corrected chi connectivity index (χ1v) is 5.42. The number of carbonyl (C=O) groups is 1. The third kappa shape index (κ3) is 2.48. The van der Waals surface area contributed by atoms with Gasteiger partial charge in [0.15, 0.2) is 0 Å². The molecule has 6 nitrogen and oxygen atoms in total. The van der Waals surface area contributed by atoms with Gasteiger partial charge in [0, 0.05) is 11.8 Å². The van der Waals surface area contributed by atoms with Crippen molar-refractivity contribution in [2.45, 2.75) is 20.4 Å². The van der Waals surface area contributed by atoms with Crippen molar-refractivity contribution in [3.8, 4) is 0 Å². The molecule has 2 heterocycles. The van der Waals surface area contributed by atoms with Crippen LogP contribution in [0.2, 0.25) is 0 Å². The molecule has 0 atom stereocenters. The van der Waals surface area contributed by atoms with Crippen molar-refractivity contribution < 1.29 is 14.4 Å². The number of nitrogens with one attached hydrogen (secondary N) is 1. The quantitative estimate of drug-likeness (QED) is 0.859. The molecule has 2 aromatic heterocycles. The van der Waals surface area contributed by atoms with Crippen molar-refractivity contribution in [2.24, 2.45) is 0 Å². The Bertz CT molecular complexity index is 564. The summed E-state index contributed by atoms with van der Waals surface area (Å²) in [5.74, 6) is -0.998. The van der Waals surface area contributed by atoms with Crippen molar-refractivity contribution in [3.05, 3.63) is 41.0 Å². The summed E-state index contributed by atoms with van der Waals surface area (Å²) >= 11 is 0. The number of hydrogen-bond donors (Lipinski definition) is 2. The highest BCUT2D eigenvalue weighted by atomic mass is 16.5. The molecular formula is C12H13N3O3. The molecule has 0 unspecified atom stereocenters. The summed E-state index contributed by atoms with van der Waals surface area (Å²) in [6, 6.07) is 3.42. The van der Waals surface area contributed by atoms with E-state index in [9.17, 15) is 9.90 Å². The molecule has 0 bridgehead atoms. The second kappa shape index (κ2) is 4.87. The van der Waals surface area contributed by atoms with Gasteiger partial charge in [0.2, 0.25) is 0 Å². The van der Waals surface area contributed by atoms with E-state index < -0.39 is 5.97 Å². The van der Waals surface area contributed by atoms with E-state index in [-0.39, 0.29) is 5.56 Å². The Morgan fingerprint density at radius 3 is 2.89 bits per heavy atom. The highest BCUT2D eigenvalue weighted by Crippen LogP contribution is 2.20. The van der Waals surface area contributed by atoms with Gasteiger partial charge in [0.25, 0.3) is 0 Å². The fraction of sp³-hybridized carbons (Fsp3) is 0.250. The van der Waals surface area contributed by atoms with E-state index in [4.69, 9.17) is 4.52 Å². The Labute approximate surface area is 104 Å². The van der Waals surface area contributed by atoms with Crippen LogP contribution in [-0.2, 0) is 6.54 Å². The number of carboxylic acid groups (broad SMARTS) is 1. The minimum atomic E-state index is -0.998. The minimum absolute atomic E-state index is 0.184. The highest BCUT2D eigenvalue weighted by molar-refractivity contribution is 5.95. The lowest BCUT2D eigenvalue weighted by Crippen LogP contribution is -2.10. The molecular weight excluding hydrogens is 234 g/mol. The molecule has 0 spiro atoms. The van der Waals surface area contributed by atoms with Crippen LogP contribution in [0.4, 0.5) is 5.69 Å². The number of carboxylic acids is 1. The van der Waals surface area contributed by atoms with E-state index in [1.54, 1.807) is 19.1 Å². The molecule has 0 aliphatic carbocycles. The lowest BCUT2D eigenvalue weighted by Gasteiger charge is -2.11. The van der Waals surface area contributed by atoms with Crippen LogP contribution in [0.5, 0.6) is 0 Å².